The molecule has 0 unspecified atom stereocenters. The summed E-state index contributed by atoms with van der Waals surface area (Å²) in [6.45, 7) is 0.288. The third-order valence-corrected chi connectivity index (χ3v) is 6.06. The van der Waals surface area contributed by atoms with Gasteiger partial charge in [-0.1, -0.05) is 72.8 Å². The second-order valence-electron chi connectivity index (χ2n) is 8.92. The molecule has 0 radical (unpaired) electrons. The van der Waals surface area contributed by atoms with Gasteiger partial charge in [-0.3, -0.25) is 9.69 Å². The van der Waals surface area contributed by atoms with Crippen molar-refractivity contribution >= 4 is 11.9 Å². The van der Waals surface area contributed by atoms with E-state index in [0.717, 1.165) is 23.3 Å². The molecule has 5 nitrogen and oxygen atoms in total. The molecule has 1 N–H and O–H groups in total. The maximum Gasteiger partial charge on any atom is 0.416 e. The van der Waals surface area contributed by atoms with Crippen molar-refractivity contribution in [1.29, 1.82) is 0 Å². The second-order valence-corrected chi connectivity index (χ2v) is 8.92. The number of rotatable bonds is 8. The summed E-state index contributed by atoms with van der Waals surface area (Å²) in [6, 6.07) is 23.4. The predicted octanol–water partition coefficient (Wildman–Crippen LogP) is 4.87. The number of hydrogen-bond donors (Lipinski definition) is 1. The Morgan fingerprint density at radius 2 is 1.31 bits per heavy atom. The summed E-state index contributed by atoms with van der Waals surface area (Å²) in [4.78, 5) is 29.5. The number of halogens is 3. The molecule has 0 aliphatic carbocycles. The highest BCUT2D eigenvalue weighted by molar-refractivity contribution is 6.07. The molecule has 182 valence electrons. The number of nitrogens with zero attached hydrogens (tertiary/aromatic N) is 2. The van der Waals surface area contributed by atoms with E-state index in [-0.39, 0.29) is 19.1 Å². The third kappa shape index (κ3) is 5.71. The highest BCUT2D eigenvalue weighted by Gasteiger charge is 2.51. The SMILES string of the molecule is CN(Cc1ccc(C(F)(F)F)cc1)CN1C(=O)NC(Cc2ccccc2)(Cc2ccccc2)C1=O. The van der Waals surface area contributed by atoms with Crippen molar-refractivity contribution in [2.45, 2.75) is 31.1 Å². The molecular weight excluding hydrogens is 455 g/mol. The lowest BCUT2D eigenvalue weighted by Gasteiger charge is -2.28. The number of nitrogens with one attached hydrogen (secondary N) is 1. The lowest BCUT2D eigenvalue weighted by atomic mass is 9.84. The van der Waals surface area contributed by atoms with Gasteiger partial charge in [0.05, 0.1) is 12.2 Å². The Hall–Kier alpha value is -3.65. The number of hydrogen-bond acceptors (Lipinski definition) is 3. The Morgan fingerprint density at radius 3 is 1.80 bits per heavy atom. The average Bonchev–Trinajstić information content (AvgIpc) is 3.04. The Labute approximate surface area is 202 Å². The van der Waals surface area contributed by atoms with Gasteiger partial charge < -0.3 is 5.32 Å². The summed E-state index contributed by atoms with van der Waals surface area (Å²) < 4.78 is 38.5. The number of carbonyl (C=O) groups is 2. The number of amides is 3. The van der Waals surface area contributed by atoms with Crippen molar-refractivity contribution < 1.29 is 22.8 Å². The van der Waals surface area contributed by atoms with E-state index in [1.54, 1.807) is 11.9 Å². The van der Waals surface area contributed by atoms with Crippen LogP contribution >= 0.6 is 0 Å². The van der Waals surface area contributed by atoms with Crippen LogP contribution in [0.4, 0.5) is 18.0 Å². The summed E-state index contributed by atoms with van der Waals surface area (Å²) in [5.74, 6) is -0.325. The quantitative estimate of drug-likeness (QED) is 0.467. The zero-order valence-electron chi connectivity index (χ0n) is 19.3. The summed E-state index contributed by atoms with van der Waals surface area (Å²) in [5, 5.41) is 2.94. The average molecular weight is 482 g/mol. The molecule has 3 amide bonds. The Bertz CT molecular complexity index is 1120. The van der Waals surface area contributed by atoms with Crippen LogP contribution < -0.4 is 5.32 Å². The number of imide groups is 1. The van der Waals surface area contributed by atoms with Crippen LogP contribution in [-0.2, 0) is 30.4 Å². The molecule has 4 rings (SSSR count). The molecule has 3 aromatic rings. The highest BCUT2D eigenvalue weighted by atomic mass is 19.4. The molecule has 8 heteroatoms. The molecule has 1 saturated heterocycles. The third-order valence-electron chi connectivity index (χ3n) is 6.06. The van der Waals surface area contributed by atoms with Crippen LogP contribution in [-0.4, -0.2) is 41.0 Å². The van der Waals surface area contributed by atoms with E-state index in [1.807, 2.05) is 60.7 Å². The van der Waals surface area contributed by atoms with E-state index < -0.39 is 23.3 Å². The van der Waals surface area contributed by atoms with E-state index in [1.165, 1.54) is 17.0 Å². The standard InChI is InChI=1S/C27H26F3N3O2/c1-32(18-22-12-14-23(15-13-22)27(28,29)30)19-33-24(34)26(31-25(33)35,16-20-8-4-2-5-9-20)17-21-10-6-3-7-11-21/h2-15H,16-19H2,1H3,(H,31,35). The number of benzene rings is 3. The van der Waals surface area contributed by atoms with Crippen LogP contribution in [0.2, 0.25) is 0 Å². The Balaban J connectivity index is 1.51. The Morgan fingerprint density at radius 1 is 0.800 bits per heavy atom. The molecule has 0 saturated carbocycles. The van der Waals surface area contributed by atoms with Gasteiger partial charge in [-0.15, -0.1) is 0 Å². The molecule has 0 bridgehead atoms. The largest absolute Gasteiger partial charge is 0.416 e. The van der Waals surface area contributed by atoms with Crippen LogP contribution in [0, 0.1) is 0 Å². The first-order valence-corrected chi connectivity index (χ1v) is 11.2. The fourth-order valence-electron chi connectivity index (χ4n) is 4.40. The molecule has 0 spiro atoms. The number of carbonyl (C=O) groups excluding carboxylic acids is 2. The fraction of sp³-hybridized carbons (Fsp3) is 0.259. The highest BCUT2D eigenvalue weighted by Crippen LogP contribution is 2.30. The molecule has 1 aliphatic rings. The second kappa shape index (κ2) is 9.92. The van der Waals surface area contributed by atoms with Crippen molar-refractivity contribution in [3.8, 4) is 0 Å². The van der Waals surface area contributed by atoms with Crippen LogP contribution in [0.3, 0.4) is 0 Å². The summed E-state index contributed by atoms with van der Waals surface area (Å²) in [6.07, 6.45) is -3.72. The van der Waals surface area contributed by atoms with Gasteiger partial charge >= 0.3 is 12.2 Å². The number of alkyl halides is 3. The maximum absolute atomic E-state index is 13.7. The van der Waals surface area contributed by atoms with Crippen molar-refractivity contribution in [1.82, 2.24) is 15.1 Å². The van der Waals surface area contributed by atoms with Crippen LogP contribution in [0.15, 0.2) is 84.9 Å². The van der Waals surface area contributed by atoms with Gasteiger partial charge in [-0.25, -0.2) is 9.69 Å². The summed E-state index contributed by atoms with van der Waals surface area (Å²) in [5.41, 5.74) is 0.653. The first-order chi connectivity index (χ1) is 16.7. The van der Waals surface area contributed by atoms with Crippen molar-refractivity contribution in [3.05, 3.63) is 107 Å². The number of urea groups is 1. The van der Waals surface area contributed by atoms with Gasteiger partial charge in [0.25, 0.3) is 5.91 Å². The normalized spacial score (nSPS) is 15.5. The molecule has 1 aliphatic heterocycles. The van der Waals surface area contributed by atoms with Crippen LogP contribution in [0.5, 0.6) is 0 Å². The zero-order chi connectivity index (χ0) is 25.1. The van der Waals surface area contributed by atoms with Crippen molar-refractivity contribution in [3.63, 3.8) is 0 Å². The topological polar surface area (TPSA) is 52.6 Å². The minimum atomic E-state index is -4.40. The molecule has 3 aromatic carbocycles. The monoisotopic (exact) mass is 481 g/mol. The smallest absolute Gasteiger partial charge is 0.322 e. The summed E-state index contributed by atoms with van der Waals surface area (Å²) >= 11 is 0. The van der Waals surface area contributed by atoms with Crippen LogP contribution in [0.1, 0.15) is 22.3 Å². The Kier molecular flexibility index (Phi) is 6.93. The van der Waals surface area contributed by atoms with E-state index in [2.05, 4.69) is 5.32 Å². The molecule has 1 heterocycles. The fourth-order valence-corrected chi connectivity index (χ4v) is 4.40. The van der Waals surface area contributed by atoms with Gasteiger partial charge in [0, 0.05) is 19.4 Å². The maximum atomic E-state index is 13.7. The molecule has 35 heavy (non-hydrogen) atoms. The summed E-state index contributed by atoms with van der Waals surface area (Å²) in [7, 11) is 1.71. The first-order valence-electron chi connectivity index (χ1n) is 11.2. The molecule has 1 fully saturated rings. The van der Waals surface area contributed by atoms with Gasteiger partial charge in [-0.2, -0.15) is 13.2 Å². The minimum absolute atomic E-state index is 0.0109. The van der Waals surface area contributed by atoms with E-state index in [4.69, 9.17) is 0 Å². The lowest BCUT2D eigenvalue weighted by Crippen LogP contribution is -2.51. The van der Waals surface area contributed by atoms with Gasteiger partial charge in [0.15, 0.2) is 0 Å². The molecule has 0 atom stereocenters. The van der Waals surface area contributed by atoms with E-state index in [9.17, 15) is 22.8 Å². The van der Waals surface area contributed by atoms with E-state index >= 15 is 0 Å². The zero-order valence-corrected chi connectivity index (χ0v) is 19.3. The van der Waals surface area contributed by atoms with Crippen molar-refractivity contribution in [2.24, 2.45) is 0 Å². The molecule has 0 aromatic heterocycles. The lowest BCUT2D eigenvalue weighted by molar-refractivity contribution is -0.137. The van der Waals surface area contributed by atoms with Gasteiger partial charge in [0.1, 0.15) is 5.54 Å². The molecular formula is C27H26F3N3O2. The predicted molar refractivity (Wildman–Crippen MR) is 126 cm³/mol. The van der Waals surface area contributed by atoms with Crippen molar-refractivity contribution in [2.75, 3.05) is 13.7 Å². The van der Waals surface area contributed by atoms with E-state index in [0.29, 0.717) is 18.4 Å². The first kappa shape index (κ1) is 24.5. The van der Waals surface area contributed by atoms with Gasteiger partial charge in [-0.05, 0) is 35.9 Å². The van der Waals surface area contributed by atoms with Gasteiger partial charge in [0.2, 0.25) is 0 Å². The van der Waals surface area contributed by atoms with Crippen LogP contribution in [0.25, 0.3) is 0 Å². The minimum Gasteiger partial charge on any atom is -0.322 e.